The Morgan fingerprint density at radius 2 is 2.20 bits per heavy atom. The average molecular weight is 211 g/mol. The van der Waals surface area contributed by atoms with Crippen LogP contribution >= 0.6 is 0 Å². The summed E-state index contributed by atoms with van der Waals surface area (Å²) in [6.45, 7) is 3.79. The van der Waals surface area contributed by atoms with Gasteiger partial charge in [-0.05, 0) is 39.2 Å². The number of primary amides is 1. The summed E-state index contributed by atoms with van der Waals surface area (Å²) in [5.41, 5.74) is 11.0. The number of hydrogen-bond donors (Lipinski definition) is 2. The molecule has 1 saturated carbocycles. The van der Waals surface area contributed by atoms with Crippen molar-refractivity contribution in [2.75, 3.05) is 13.1 Å². The zero-order chi connectivity index (χ0) is 11.1. The Morgan fingerprint density at radius 3 is 2.67 bits per heavy atom. The summed E-state index contributed by atoms with van der Waals surface area (Å²) in [5, 5.41) is 0. The summed E-state index contributed by atoms with van der Waals surface area (Å²) in [6.07, 6.45) is 4.27. The van der Waals surface area contributed by atoms with E-state index in [1.54, 1.807) is 0 Å². The number of carbonyl (C=O) groups excluding carboxylic acids is 1. The van der Waals surface area contributed by atoms with Gasteiger partial charge >= 0.3 is 0 Å². The monoisotopic (exact) mass is 211 g/mol. The van der Waals surface area contributed by atoms with Gasteiger partial charge in [0.1, 0.15) is 0 Å². The van der Waals surface area contributed by atoms with E-state index in [1.165, 1.54) is 6.42 Å². The molecule has 4 heteroatoms. The lowest BCUT2D eigenvalue weighted by atomic mass is 9.89. The van der Waals surface area contributed by atoms with Crippen LogP contribution in [0.2, 0.25) is 0 Å². The molecule has 1 saturated heterocycles. The molecule has 2 fully saturated rings. The Hall–Kier alpha value is -0.610. The minimum Gasteiger partial charge on any atom is -0.369 e. The first-order chi connectivity index (χ1) is 7.01. The maximum Gasteiger partial charge on any atom is 0.224 e. The first-order valence-electron chi connectivity index (χ1n) is 5.81. The molecule has 0 bridgehead atoms. The molecule has 4 nitrogen and oxygen atoms in total. The van der Waals surface area contributed by atoms with Gasteiger partial charge in [-0.15, -0.1) is 0 Å². The van der Waals surface area contributed by atoms with Crippen LogP contribution < -0.4 is 11.5 Å². The van der Waals surface area contributed by atoms with Crippen molar-refractivity contribution in [3.05, 3.63) is 0 Å². The molecule has 0 aromatic carbocycles. The summed E-state index contributed by atoms with van der Waals surface area (Å²) in [5.74, 6) is -0.160. The maximum absolute atomic E-state index is 11.3. The van der Waals surface area contributed by atoms with Gasteiger partial charge in [0.15, 0.2) is 0 Å². The Kier molecular flexibility index (Phi) is 2.73. The van der Waals surface area contributed by atoms with E-state index in [1.807, 2.05) is 6.92 Å². The van der Waals surface area contributed by atoms with Crippen molar-refractivity contribution in [2.45, 2.75) is 44.7 Å². The SMILES string of the molecule is CC1(C(N)=O)CCN(C2CCC(N)C2)C1. The third-order valence-corrected chi connectivity index (χ3v) is 4.06. The van der Waals surface area contributed by atoms with E-state index < -0.39 is 0 Å². The second-order valence-electron chi connectivity index (χ2n) is 5.37. The number of nitrogens with two attached hydrogens (primary N) is 2. The molecule has 2 rings (SSSR count). The molecule has 2 aliphatic rings. The second-order valence-corrected chi connectivity index (χ2v) is 5.37. The van der Waals surface area contributed by atoms with Crippen LogP contribution in [0.15, 0.2) is 0 Å². The van der Waals surface area contributed by atoms with E-state index in [9.17, 15) is 4.79 Å². The van der Waals surface area contributed by atoms with Gasteiger partial charge in [0, 0.05) is 18.6 Å². The summed E-state index contributed by atoms with van der Waals surface area (Å²) < 4.78 is 0. The van der Waals surface area contributed by atoms with E-state index in [2.05, 4.69) is 4.90 Å². The van der Waals surface area contributed by atoms with E-state index in [4.69, 9.17) is 11.5 Å². The highest BCUT2D eigenvalue weighted by Crippen LogP contribution is 2.34. The van der Waals surface area contributed by atoms with Gasteiger partial charge in [0.05, 0.1) is 5.41 Å². The van der Waals surface area contributed by atoms with Crippen molar-refractivity contribution in [3.63, 3.8) is 0 Å². The molecule has 1 heterocycles. The van der Waals surface area contributed by atoms with E-state index in [-0.39, 0.29) is 11.3 Å². The predicted molar refractivity (Wildman–Crippen MR) is 59.1 cm³/mol. The van der Waals surface area contributed by atoms with Crippen molar-refractivity contribution in [1.29, 1.82) is 0 Å². The largest absolute Gasteiger partial charge is 0.369 e. The van der Waals surface area contributed by atoms with Crippen molar-refractivity contribution >= 4 is 5.91 Å². The quantitative estimate of drug-likeness (QED) is 0.678. The lowest BCUT2D eigenvalue weighted by Gasteiger charge is -2.26. The van der Waals surface area contributed by atoms with E-state index >= 15 is 0 Å². The van der Waals surface area contributed by atoms with E-state index in [0.717, 1.165) is 32.4 Å². The minimum absolute atomic E-state index is 0.160. The Morgan fingerprint density at radius 1 is 1.47 bits per heavy atom. The van der Waals surface area contributed by atoms with Crippen molar-refractivity contribution in [2.24, 2.45) is 16.9 Å². The molecule has 3 atom stereocenters. The van der Waals surface area contributed by atoms with Gasteiger partial charge in [-0.2, -0.15) is 0 Å². The van der Waals surface area contributed by atoms with Crippen LogP contribution in [0.4, 0.5) is 0 Å². The molecule has 0 aromatic heterocycles. The first-order valence-corrected chi connectivity index (χ1v) is 5.81. The summed E-state index contributed by atoms with van der Waals surface area (Å²) >= 11 is 0. The lowest BCUT2D eigenvalue weighted by molar-refractivity contribution is -0.126. The number of rotatable bonds is 2. The molecular weight excluding hydrogens is 190 g/mol. The van der Waals surface area contributed by atoms with E-state index in [0.29, 0.717) is 12.1 Å². The molecule has 0 radical (unpaired) electrons. The zero-order valence-electron chi connectivity index (χ0n) is 9.41. The summed E-state index contributed by atoms with van der Waals surface area (Å²) in [6, 6.07) is 0.941. The number of nitrogens with zero attached hydrogens (tertiary/aromatic N) is 1. The fraction of sp³-hybridized carbons (Fsp3) is 0.909. The molecule has 1 aliphatic carbocycles. The third-order valence-electron chi connectivity index (χ3n) is 4.06. The van der Waals surface area contributed by atoms with Crippen molar-refractivity contribution in [1.82, 2.24) is 4.90 Å². The highest BCUT2D eigenvalue weighted by Gasteiger charge is 2.42. The van der Waals surface area contributed by atoms with Crippen LogP contribution in [0.5, 0.6) is 0 Å². The Balaban J connectivity index is 1.95. The lowest BCUT2D eigenvalue weighted by Crippen LogP contribution is -2.39. The Labute approximate surface area is 91.0 Å². The standard InChI is InChI=1S/C11H21N3O/c1-11(10(13)15)4-5-14(7-11)9-3-2-8(12)6-9/h8-9H,2-7,12H2,1H3,(H2,13,15). The summed E-state index contributed by atoms with van der Waals surface area (Å²) in [4.78, 5) is 13.7. The van der Waals surface area contributed by atoms with Gasteiger partial charge in [-0.3, -0.25) is 9.69 Å². The van der Waals surface area contributed by atoms with Gasteiger partial charge in [0.2, 0.25) is 5.91 Å². The zero-order valence-corrected chi connectivity index (χ0v) is 9.41. The number of amides is 1. The van der Waals surface area contributed by atoms with Crippen LogP contribution in [0.25, 0.3) is 0 Å². The molecule has 3 unspecified atom stereocenters. The number of hydrogen-bond acceptors (Lipinski definition) is 3. The Bertz CT molecular complexity index is 269. The van der Waals surface area contributed by atoms with Crippen LogP contribution in [0.1, 0.15) is 32.6 Å². The molecule has 15 heavy (non-hydrogen) atoms. The van der Waals surface area contributed by atoms with Crippen LogP contribution in [-0.2, 0) is 4.79 Å². The number of likely N-dealkylation sites (tertiary alicyclic amines) is 1. The molecule has 1 amide bonds. The van der Waals surface area contributed by atoms with Crippen LogP contribution in [0.3, 0.4) is 0 Å². The number of carbonyl (C=O) groups is 1. The normalized spacial score (nSPS) is 42.3. The molecule has 1 aliphatic heterocycles. The fourth-order valence-electron chi connectivity index (χ4n) is 2.83. The molecule has 86 valence electrons. The average Bonchev–Trinajstić information content (AvgIpc) is 2.73. The predicted octanol–water partition coefficient (Wildman–Crippen LogP) is 0.0635. The smallest absolute Gasteiger partial charge is 0.224 e. The maximum atomic E-state index is 11.3. The van der Waals surface area contributed by atoms with Crippen LogP contribution in [0, 0.1) is 5.41 Å². The van der Waals surface area contributed by atoms with Crippen LogP contribution in [-0.4, -0.2) is 36.0 Å². The fourth-order valence-corrected chi connectivity index (χ4v) is 2.83. The van der Waals surface area contributed by atoms with Crippen molar-refractivity contribution < 1.29 is 4.79 Å². The first kappa shape index (κ1) is 10.9. The summed E-state index contributed by atoms with van der Waals surface area (Å²) in [7, 11) is 0. The van der Waals surface area contributed by atoms with Gasteiger partial charge < -0.3 is 11.5 Å². The molecule has 4 N–H and O–H groups in total. The minimum atomic E-state index is -0.313. The third kappa shape index (κ3) is 2.01. The van der Waals surface area contributed by atoms with Gasteiger partial charge in [0.25, 0.3) is 0 Å². The molecule has 0 aromatic rings. The van der Waals surface area contributed by atoms with Gasteiger partial charge in [-0.25, -0.2) is 0 Å². The second kappa shape index (κ2) is 3.76. The highest BCUT2D eigenvalue weighted by molar-refractivity contribution is 5.81. The van der Waals surface area contributed by atoms with Crippen molar-refractivity contribution in [3.8, 4) is 0 Å². The molecule has 0 spiro atoms. The van der Waals surface area contributed by atoms with Gasteiger partial charge in [-0.1, -0.05) is 0 Å². The highest BCUT2D eigenvalue weighted by atomic mass is 16.1. The molecular formula is C11H21N3O. The topological polar surface area (TPSA) is 72.4 Å².